The summed E-state index contributed by atoms with van der Waals surface area (Å²) in [6, 6.07) is 9.34. The standard InChI is InChI=1S/C11H13N5OS/c1-8(18-11-13-14-15-16(11)2)10(17)12-9-6-4-3-5-7-9/h3-8H,1-2H3,(H,12,17)/t8-/m1/s1. The summed E-state index contributed by atoms with van der Waals surface area (Å²) in [7, 11) is 1.74. The predicted octanol–water partition coefficient (Wildman–Crippen LogP) is 1.33. The zero-order chi connectivity index (χ0) is 13.0. The minimum Gasteiger partial charge on any atom is -0.325 e. The van der Waals surface area contributed by atoms with Gasteiger partial charge in [0.25, 0.3) is 0 Å². The highest BCUT2D eigenvalue weighted by Gasteiger charge is 2.17. The summed E-state index contributed by atoms with van der Waals surface area (Å²) < 4.78 is 1.54. The average molecular weight is 263 g/mol. The number of nitrogens with one attached hydrogen (secondary N) is 1. The van der Waals surface area contributed by atoms with Crippen molar-refractivity contribution in [3.8, 4) is 0 Å². The van der Waals surface area contributed by atoms with Crippen LogP contribution in [0.1, 0.15) is 6.92 Å². The lowest BCUT2D eigenvalue weighted by Gasteiger charge is -2.10. The van der Waals surface area contributed by atoms with Crippen molar-refractivity contribution in [1.82, 2.24) is 20.2 Å². The molecule has 0 unspecified atom stereocenters. The Morgan fingerprint density at radius 2 is 2.11 bits per heavy atom. The molecule has 6 nitrogen and oxygen atoms in total. The molecular formula is C11H13N5OS. The van der Waals surface area contributed by atoms with Crippen LogP contribution in [-0.2, 0) is 11.8 Å². The van der Waals surface area contributed by atoms with Crippen LogP contribution in [0.5, 0.6) is 0 Å². The van der Waals surface area contributed by atoms with Gasteiger partial charge in [0.1, 0.15) is 0 Å². The lowest BCUT2D eigenvalue weighted by molar-refractivity contribution is -0.115. The van der Waals surface area contributed by atoms with Gasteiger partial charge in [0.05, 0.1) is 5.25 Å². The molecule has 1 heterocycles. The number of thioether (sulfide) groups is 1. The van der Waals surface area contributed by atoms with Crippen LogP contribution in [-0.4, -0.2) is 31.4 Å². The molecule has 0 fully saturated rings. The second-order valence-corrected chi connectivity index (χ2v) is 5.01. The number of aryl methyl sites for hydroxylation is 1. The summed E-state index contributed by atoms with van der Waals surface area (Å²) in [6.07, 6.45) is 0. The molecule has 1 atom stereocenters. The van der Waals surface area contributed by atoms with E-state index in [2.05, 4.69) is 20.8 Å². The summed E-state index contributed by atoms with van der Waals surface area (Å²) in [5.74, 6) is -0.0748. The number of nitrogens with zero attached hydrogens (tertiary/aromatic N) is 4. The average Bonchev–Trinajstić information content (AvgIpc) is 2.76. The quantitative estimate of drug-likeness (QED) is 0.842. The molecule has 0 bridgehead atoms. The summed E-state index contributed by atoms with van der Waals surface area (Å²) >= 11 is 1.32. The van der Waals surface area contributed by atoms with Gasteiger partial charge in [-0.3, -0.25) is 4.79 Å². The van der Waals surface area contributed by atoms with E-state index in [4.69, 9.17) is 0 Å². The smallest absolute Gasteiger partial charge is 0.237 e. The number of tetrazole rings is 1. The van der Waals surface area contributed by atoms with Crippen molar-refractivity contribution in [2.45, 2.75) is 17.3 Å². The van der Waals surface area contributed by atoms with Crippen molar-refractivity contribution in [3.63, 3.8) is 0 Å². The Balaban J connectivity index is 1.95. The fourth-order valence-corrected chi connectivity index (χ4v) is 2.05. The molecule has 0 spiro atoms. The molecule has 2 rings (SSSR count). The number of carbonyl (C=O) groups excluding carboxylic acids is 1. The van der Waals surface area contributed by atoms with Crippen molar-refractivity contribution in [2.75, 3.05) is 5.32 Å². The van der Waals surface area contributed by atoms with Crippen molar-refractivity contribution in [2.24, 2.45) is 7.05 Å². The van der Waals surface area contributed by atoms with Gasteiger partial charge in [0, 0.05) is 12.7 Å². The van der Waals surface area contributed by atoms with Gasteiger partial charge in [-0.2, -0.15) is 0 Å². The zero-order valence-corrected chi connectivity index (χ0v) is 10.9. The van der Waals surface area contributed by atoms with E-state index < -0.39 is 0 Å². The number of hydrogen-bond donors (Lipinski definition) is 1. The monoisotopic (exact) mass is 263 g/mol. The molecule has 1 aromatic carbocycles. The highest BCUT2D eigenvalue weighted by molar-refractivity contribution is 8.00. The number of anilines is 1. The van der Waals surface area contributed by atoms with Gasteiger partial charge in [-0.1, -0.05) is 30.0 Å². The van der Waals surface area contributed by atoms with Gasteiger partial charge in [0.2, 0.25) is 11.1 Å². The van der Waals surface area contributed by atoms with E-state index in [1.54, 1.807) is 7.05 Å². The van der Waals surface area contributed by atoms with Gasteiger partial charge < -0.3 is 5.32 Å². The van der Waals surface area contributed by atoms with Gasteiger partial charge in [0.15, 0.2) is 0 Å². The Labute approximate surface area is 109 Å². The van der Waals surface area contributed by atoms with E-state index in [9.17, 15) is 4.79 Å². The maximum atomic E-state index is 11.9. The Kier molecular flexibility index (Phi) is 3.93. The number of carbonyl (C=O) groups is 1. The first kappa shape index (κ1) is 12.6. The van der Waals surface area contributed by atoms with Crippen LogP contribution in [0.15, 0.2) is 35.5 Å². The zero-order valence-electron chi connectivity index (χ0n) is 10.1. The number of amides is 1. The van der Waals surface area contributed by atoms with E-state index in [-0.39, 0.29) is 11.2 Å². The first-order valence-corrected chi connectivity index (χ1v) is 6.29. The first-order chi connectivity index (χ1) is 8.66. The van der Waals surface area contributed by atoms with E-state index in [0.717, 1.165) is 5.69 Å². The van der Waals surface area contributed by atoms with Gasteiger partial charge in [-0.25, -0.2) is 4.68 Å². The molecule has 18 heavy (non-hydrogen) atoms. The Morgan fingerprint density at radius 3 is 2.72 bits per heavy atom. The summed E-state index contributed by atoms with van der Waals surface area (Å²) in [5.41, 5.74) is 0.783. The second-order valence-electron chi connectivity index (χ2n) is 3.70. The van der Waals surface area contributed by atoms with Crippen LogP contribution in [0, 0.1) is 0 Å². The van der Waals surface area contributed by atoms with Crippen LogP contribution < -0.4 is 5.32 Å². The second kappa shape index (κ2) is 5.63. The molecule has 0 aliphatic carbocycles. The van der Waals surface area contributed by atoms with E-state index in [0.29, 0.717) is 5.16 Å². The van der Waals surface area contributed by atoms with Crippen LogP contribution >= 0.6 is 11.8 Å². The third-order valence-corrected chi connectivity index (χ3v) is 3.40. The van der Waals surface area contributed by atoms with Crippen molar-refractivity contribution in [1.29, 1.82) is 0 Å². The molecule has 1 amide bonds. The largest absolute Gasteiger partial charge is 0.325 e. The molecule has 7 heteroatoms. The van der Waals surface area contributed by atoms with Crippen LogP contribution in [0.3, 0.4) is 0 Å². The predicted molar refractivity (Wildman–Crippen MR) is 69.2 cm³/mol. The molecular weight excluding hydrogens is 250 g/mol. The normalized spacial score (nSPS) is 12.1. The fourth-order valence-electron chi connectivity index (χ4n) is 1.30. The number of para-hydroxylation sites is 1. The van der Waals surface area contributed by atoms with Gasteiger partial charge >= 0.3 is 0 Å². The maximum absolute atomic E-state index is 11.9. The third kappa shape index (κ3) is 3.07. The summed E-state index contributed by atoms with van der Waals surface area (Å²) in [5, 5.41) is 14.3. The Hall–Kier alpha value is -1.89. The molecule has 94 valence electrons. The van der Waals surface area contributed by atoms with Crippen molar-refractivity contribution in [3.05, 3.63) is 30.3 Å². The molecule has 0 radical (unpaired) electrons. The highest BCUT2D eigenvalue weighted by atomic mass is 32.2. The molecule has 2 aromatic rings. The SMILES string of the molecule is C[C@@H](Sc1nnnn1C)C(=O)Nc1ccccc1. The van der Waals surface area contributed by atoms with Crippen LogP contribution in [0.2, 0.25) is 0 Å². The molecule has 0 aliphatic heterocycles. The minimum atomic E-state index is -0.269. The Bertz CT molecular complexity index is 527. The highest BCUT2D eigenvalue weighted by Crippen LogP contribution is 2.20. The van der Waals surface area contributed by atoms with E-state index >= 15 is 0 Å². The molecule has 0 saturated heterocycles. The molecule has 0 saturated carbocycles. The van der Waals surface area contributed by atoms with Crippen LogP contribution in [0.4, 0.5) is 5.69 Å². The minimum absolute atomic E-state index is 0.0748. The number of benzene rings is 1. The third-order valence-electron chi connectivity index (χ3n) is 2.27. The van der Waals surface area contributed by atoms with E-state index in [1.165, 1.54) is 16.4 Å². The van der Waals surface area contributed by atoms with Crippen LogP contribution in [0.25, 0.3) is 0 Å². The number of aromatic nitrogens is 4. The lowest BCUT2D eigenvalue weighted by atomic mass is 10.3. The first-order valence-electron chi connectivity index (χ1n) is 5.42. The lowest BCUT2D eigenvalue weighted by Crippen LogP contribution is -2.22. The van der Waals surface area contributed by atoms with Gasteiger partial charge in [-0.05, 0) is 29.5 Å². The summed E-state index contributed by atoms with van der Waals surface area (Å²) in [4.78, 5) is 11.9. The summed E-state index contributed by atoms with van der Waals surface area (Å²) in [6.45, 7) is 1.82. The molecule has 1 N–H and O–H groups in total. The topological polar surface area (TPSA) is 72.7 Å². The van der Waals surface area contributed by atoms with Crippen molar-refractivity contribution >= 4 is 23.4 Å². The molecule has 1 aromatic heterocycles. The number of rotatable bonds is 4. The van der Waals surface area contributed by atoms with E-state index in [1.807, 2.05) is 37.3 Å². The van der Waals surface area contributed by atoms with Gasteiger partial charge in [-0.15, -0.1) is 5.10 Å². The molecule has 0 aliphatic rings. The Morgan fingerprint density at radius 1 is 1.39 bits per heavy atom. The van der Waals surface area contributed by atoms with Crippen molar-refractivity contribution < 1.29 is 4.79 Å². The maximum Gasteiger partial charge on any atom is 0.237 e. The number of hydrogen-bond acceptors (Lipinski definition) is 5. The fraction of sp³-hybridized carbons (Fsp3) is 0.273.